The minimum absolute atomic E-state index is 0.0350. The van der Waals surface area contributed by atoms with E-state index < -0.39 is 6.36 Å². The lowest BCUT2D eigenvalue weighted by atomic mass is 9.99. The number of thioether (sulfide) groups is 1. The number of nitrogens with zero attached hydrogens (tertiary/aromatic N) is 5. The Balaban J connectivity index is 1.19. The summed E-state index contributed by atoms with van der Waals surface area (Å²) in [4.78, 5) is 23.7. The molecule has 5 rings (SSSR count). The Kier molecular flexibility index (Phi) is 9.28. The Hall–Kier alpha value is -4.32. The summed E-state index contributed by atoms with van der Waals surface area (Å²) in [6.07, 6.45) is -3.25. The molecule has 0 radical (unpaired) electrons. The zero-order valence-corrected chi connectivity index (χ0v) is 25.6. The minimum Gasteiger partial charge on any atom is -0.406 e. The molecule has 12 heteroatoms. The third-order valence-corrected chi connectivity index (χ3v) is 8.15. The van der Waals surface area contributed by atoms with Crippen molar-refractivity contribution >= 4 is 28.6 Å². The molecule has 1 unspecified atom stereocenters. The van der Waals surface area contributed by atoms with Gasteiger partial charge in [0.2, 0.25) is 0 Å². The van der Waals surface area contributed by atoms with Crippen molar-refractivity contribution in [1.29, 1.82) is 0 Å². The molecule has 1 atom stereocenters. The monoisotopic (exact) mass is 622 g/mol. The van der Waals surface area contributed by atoms with Crippen molar-refractivity contribution in [3.8, 4) is 22.8 Å². The molecule has 230 valence electrons. The summed E-state index contributed by atoms with van der Waals surface area (Å²) in [6.45, 7) is 9.66. The number of aromatic nitrogens is 3. The topological polar surface area (TPSA) is 84.6 Å². The highest BCUT2D eigenvalue weighted by atomic mass is 32.2. The first-order valence-electron chi connectivity index (χ1n) is 14.2. The van der Waals surface area contributed by atoms with Crippen molar-refractivity contribution in [2.75, 3.05) is 23.7 Å². The molecule has 0 saturated carbocycles. The quantitative estimate of drug-likeness (QED) is 0.217. The van der Waals surface area contributed by atoms with Crippen LogP contribution in [0.3, 0.4) is 0 Å². The molecule has 1 fully saturated rings. The van der Waals surface area contributed by atoms with E-state index in [9.17, 15) is 18.0 Å². The second-order valence-electron chi connectivity index (χ2n) is 10.9. The van der Waals surface area contributed by atoms with Crippen LogP contribution >= 0.6 is 11.8 Å². The first-order chi connectivity index (χ1) is 21.0. The summed E-state index contributed by atoms with van der Waals surface area (Å²) in [6, 6.07) is 19.2. The summed E-state index contributed by atoms with van der Waals surface area (Å²) >= 11 is 1.59. The number of halogens is 3. The van der Waals surface area contributed by atoms with E-state index in [0.717, 1.165) is 29.1 Å². The Morgan fingerprint density at radius 3 is 2.48 bits per heavy atom. The molecule has 0 aliphatic carbocycles. The highest BCUT2D eigenvalue weighted by molar-refractivity contribution is 8.14. The van der Waals surface area contributed by atoms with Gasteiger partial charge >= 0.3 is 12.4 Å². The number of urea groups is 1. The third-order valence-electron chi connectivity index (χ3n) is 7.20. The van der Waals surface area contributed by atoms with E-state index in [4.69, 9.17) is 0 Å². The maximum atomic E-state index is 12.8. The molecular weight excluding hydrogens is 589 g/mol. The number of rotatable bonds is 8. The summed E-state index contributed by atoms with van der Waals surface area (Å²) in [5.41, 5.74) is 5.86. The molecule has 3 aromatic carbocycles. The minimum atomic E-state index is -4.75. The lowest BCUT2D eigenvalue weighted by molar-refractivity contribution is -0.274. The zero-order valence-electron chi connectivity index (χ0n) is 24.8. The van der Waals surface area contributed by atoms with Crippen LogP contribution in [0.1, 0.15) is 49.3 Å². The highest BCUT2D eigenvalue weighted by Gasteiger charge is 2.31. The van der Waals surface area contributed by atoms with Gasteiger partial charge in [0.05, 0.1) is 5.69 Å². The Morgan fingerprint density at radius 1 is 1.07 bits per heavy atom. The van der Waals surface area contributed by atoms with Crippen LogP contribution in [0.5, 0.6) is 5.75 Å². The van der Waals surface area contributed by atoms with E-state index in [1.54, 1.807) is 11.8 Å². The fourth-order valence-corrected chi connectivity index (χ4v) is 5.81. The number of aliphatic imine (C=N–C) groups is 1. The fraction of sp³-hybridized carbons (Fsp3) is 0.312. The predicted octanol–water partition coefficient (Wildman–Crippen LogP) is 7.69. The van der Waals surface area contributed by atoms with Crippen molar-refractivity contribution in [2.24, 2.45) is 4.99 Å². The Labute approximate surface area is 258 Å². The van der Waals surface area contributed by atoms with Crippen LogP contribution in [0.25, 0.3) is 17.1 Å². The van der Waals surface area contributed by atoms with Crippen LogP contribution < -0.4 is 15.0 Å². The van der Waals surface area contributed by atoms with Crippen LogP contribution in [0.2, 0.25) is 0 Å². The van der Waals surface area contributed by atoms with E-state index >= 15 is 0 Å². The maximum Gasteiger partial charge on any atom is 0.573 e. The van der Waals surface area contributed by atoms with Crippen LogP contribution in [0.4, 0.5) is 23.7 Å². The summed E-state index contributed by atoms with van der Waals surface area (Å²) in [7, 11) is 0. The van der Waals surface area contributed by atoms with Gasteiger partial charge < -0.3 is 15.0 Å². The Morgan fingerprint density at radius 2 is 1.80 bits per heavy atom. The number of amides is 2. The number of hydrogen-bond acceptors (Lipinski definition) is 5. The number of carbonyl (C=O) groups is 1. The molecule has 1 N–H and O–H groups in total. The third kappa shape index (κ3) is 7.60. The number of aryl methyl sites for hydroxylation is 1. The van der Waals surface area contributed by atoms with Gasteiger partial charge in [0.1, 0.15) is 12.1 Å². The van der Waals surface area contributed by atoms with Crippen LogP contribution in [0.15, 0.2) is 78.0 Å². The van der Waals surface area contributed by atoms with E-state index in [2.05, 4.69) is 69.0 Å². The van der Waals surface area contributed by atoms with E-state index in [-0.39, 0.29) is 17.7 Å². The summed E-state index contributed by atoms with van der Waals surface area (Å²) < 4.78 is 42.7. The molecule has 1 saturated heterocycles. The first kappa shape index (κ1) is 31.1. The molecule has 2 heterocycles. The van der Waals surface area contributed by atoms with Gasteiger partial charge in [-0.05, 0) is 65.8 Å². The smallest absolute Gasteiger partial charge is 0.406 e. The van der Waals surface area contributed by atoms with Crippen LogP contribution in [-0.4, -0.2) is 51.2 Å². The van der Waals surface area contributed by atoms with Gasteiger partial charge in [-0.1, -0.05) is 68.9 Å². The number of alkyl halides is 3. The van der Waals surface area contributed by atoms with Gasteiger partial charge in [0, 0.05) is 30.1 Å². The Bertz CT molecular complexity index is 1640. The van der Waals surface area contributed by atoms with E-state index in [1.165, 1.54) is 46.4 Å². The number of anilines is 1. The number of hydrogen-bond donors (Lipinski definition) is 1. The molecule has 4 aromatic rings. The van der Waals surface area contributed by atoms with Gasteiger partial charge in [-0.15, -0.1) is 18.3 Å². The standard InChI is InChI=1S/C32H33F3N6O2S/c1-20(2)27-14-5-21(3)17-28(27)40-15-16-44-31(40)38-30(42)36-18-22(4)23-6-8-24(9-7-23)29-37-19-41(39-29)25-10-12-26(13-11-25)43-32(33,34)35/h5-14,17,19-20,22H,15-16,18H2,1-4H3,(H,36,42)/b38-31-. The molecule has 0 bridgehead atoms. The SMILES string of the molecule is Cc1ccc(C(C)C)c(N2CCS/C2=N\C(=O)NCC(C)c2ccc(-c3ncn(-c4ccc(OC(F)(F)F)cc4)n3)cc2)c1. The van der Waals surface area contributed by atoms with E-state index in [0.29, 0.717) is 29.1 Å². The van der Waals surface area contributed by atoms with Gasteiger partial charge in [0.15, 0.2) is 11.0 Å². The zero-order chi connectivity index (χ0) is 31.4. The molecule has 2 amide bonds. The molecular formula is C32H33F3N6O2S. The highest BCUT2D eigenvalue weighted by Crippen LogP contribution is 2.33. The predicted molar refractivity (Wildman–Crippen MR) is 168 cm³/mol. The molecule has 1 aliphatic rings. The van der Waals surface area contributed by atoms with Crippen LogP contribution in [-0.2, 0) is 0 Å². The first-order valence-corrected chi connectivity index (χ1v) is 15.2. The van der Waals surface area contributed by atoms with Gasteiger partial charge in [-0.25, -0.2) is 14.5 Å². The summed E-state index contributed by atoms with van der Waals surface area (Å²) in [5, 5.41) is 8.11. The molecule has 8 nitrogen and oxygen atoms in total. The molecule has 1 aromatic heterocycles. The largest absolute Gasteiger partial charge is 0.573 e. The normalized spacial score (nSPS) is 15.2. The number of nitrogens with one attached hydrogen (secondary N) is 1. The second-order valence-corrected chi connectivity index (χ2v) is 11.9. The van der Waals surface area contributed by atoms with Crippen molar-refractivity contribution in [3.05, 3.63) is 89.7 Å². The van der Waals surface area contributed by atoms with Crippen molar-refractivity contribution in [2.45, 2.75) is 45.9 Å². The maximum absolute atomic E-state index is 12.8. The molecule has 1 aliphatic heterocycles. The lowest BCUT2D eigenvalue weighted by Gasteiger charge is -2.23. The number of benzene rings is 3. The second kappa shape index (κ2) is 13.1. The average molecular weight is 623 g/mol. The van der Waals surface area contributed by atoms with Crippen LogP contribution in [0, 0.1) is 6.92 Å². The van der Waals surface area contributed by atoms with Crippen molar-refractivity contribution in [1.82, 2.24) is 20.1 Å². The fourth-order valence-electron chi connectivity index (χ4n) is 4.86. The summed E-state index contributed by atoms with van der Waals surface area (Å²) in [5.74, 6) is 1.42. The molecule has 0 spiro atoms. The number of amidine groups is 1. The van der Waals surface area contributed by atoms with Crippen molar-refractivity contribution < 1.29 is 22.7 Å². The van der Waals surface area contributed by atoms with Crippen molar-refractivity contribution in [3.63, 3.8) is 0 Å². The number of ether oxygens (including phenoxy) is 1. The average Bonchev–Trinajstić information content (AvgIpc) is 3.66. The lowest BCUT2D eigenvalue weighted by Crippen LogP contribution is -2.30. The van der Waals surface area contributed by atoms with Gasteiger partial charge in [-0.3, -0.25) is 0 Å². The van der Waals surface area contributed by atoms with Gasteiger partial charge in [-0.2, -0.15) is 4.99 Å². The molecule has 44 heavy (non-hydrogen) atoms. The number of carbonyl (C=O) groups excluding carboxylic acids is 1. The van der Waals surface area contributed by atoms with E-state index in [1.807, 2.05) is 31.2 Å². The van der Waals surface area contributed by atoms with Gasteiger partial charge in [0.25, 0.3) is 0 Å².